The van der Waals surface area contributed by atoms with Gasteiger partial charge in [0, 0.05) is 25.1 Å². The van der Waals surface area contributed by atoms with Crippen LogP contribution in [0.2, 0.25) is 0 Å². The van der Waals surface area contributed by atoms with Crippen molar-refractivity contribution >= 4 is 11.6 Å². The van der Waals surface area contributed by atoms with Crippen LogP contribution in [0, 0.1) is 5.92 Å². The van der Waals surface area contributed by atoms with Crippen LogP contribution in [0.1, 0.15) is 27.2 Å². The van der Waals surface area contributed by atoms with E-state index in [1.54, 1.807) is 0 Å². The van der Waals surface area contributed by atoms with Gasteiger partial charge in [-0.05, 0) is 12.3 Å². The lowest BCUT2D eigenvalue weighted by atomic mass is 10.2. The molecule has 0 aliphatic heterocycles. The normalized spacial score (nSPS) is 13.6. The highest BCUT2D eigenvalue weighted by Crippen LogP contribution is 1.94. The highest BCUT2D eigenvalue weighted by atomic mass is 35.5. The van der Waals surface area contributed by atoms with Crippen LogP contribution in [-0.4, -0.2) is 31.7 Å². The molecule has 1 unspecified atom stereocenters. The molecule has 0 rings (SSSR count). The zero-order valence-corrected chi connectivity index (χ0v) is 9.73. The number of hydrogen-bond donors (Lipinski definition) is 1. The molecule has 0 saturated carbocycles. The first-order valence-corrected chi connectivity index (χ1v) is 5.61. The smallest absolute Gasteiger partial charge is 0.0591 e. The van der Waals surface area contributed by atoms with Gasteiger partial charge in [0.2, 0.25) is 0 Å². The predicted molar refractivity (Wildman–Crippen MR) is 58.5 cm³/mol. The molecule has 0 aromatic rings. The van der Waals surface area contributed by atoms with E-state index in [0.29, 0.717) is 17.8 Å². The van der Waals surface area contributed by atoms with E-state index in [1.165, 1.54) is 0 Å². The number of hydrogen-bond acceptors (Lipinski definition) is 2. The zero-order valence-electron chi connectivity index (χ0n) is 8.98. The van der Waals surface area contributed by atoms with Gasteiger partial charge in [-0.25, -0.2) is 0 Å². The van der Waals surface area contributed by atoms with Gasteiger partial charge >= 0.3 is 0 Å². The second-order valence-corrected chi connectivity index (χ2v) is 3.99. The number of alkyl halides is 1. The summed E-state index contributed by atoms with van der Waals surface area (Å²) in [5.41, 5.74) is 0. The van der Waals surface area contributed by atoms with Crippen molar-refractivity contribution in [1.29, 1.82) is 0 Å². The molecule has 0 saturated heterocycles. The molecule has 0 aromatic heterocycles. The molecule has 1 atom stereocenters. The summed E-state index contributed by atoms with van der Waals surface area (Å²) in [5, 5.41) is 3.34. The fourth-order valence-corrected chi connectivity index (χ4v) is 1.29. The second-order valence-electron chi connectivity index (χ2n) is 3.68. The van der Waals surface area contributed by atoms with E-state index in [0.717, 1.165) is 26.2 Å². The molecular weight excluding hydrogens is 186 g/mol. The van der Waals surface area contributed by atoms with Crippen LogP contribution in [0.3, 0.4) is 0 Å². The molecule has 80 valence electrons. The number of ether oxygens (including phenoxy) is 1. The maximum absolute atomic E-state index is 5.73. The molecule has 2 nitrogen and oxygen atoms in total. The lowest BCUT2D eigenvalue weighted by Crippen LogP contribution is -2.33. The van der Waals surface area contributed by atoms with Crippen LogP contribution >= 0.6 is 11.6 Å². The fraction of sp³-hybridized carbons (Fsp3) is 1.00. The van der Waals surface area contributed by atoms with Gasteiger partial charge < -0.3 is 10.1 Å². The minimum atomic E-state index is 0.435. The Balaban J connectivity index is 3.14. The van der Waals surface area contributed by atoms with Crippen LogP contribution in [0.4, 0.5) is 0 Å². The zero-order chi connectivity index (χ0) is 10.1. The quantitative estimate of drug-likeness (QED) is 0.487. The molecule has 13 heavy (non-hydrogen) atoms. The third kappa shape index (κ3) is 8.54. The molecule has 0 amide bonds. The van der Waals surface area contributed by atoms with Crippen molar-refractivity contribution in [2.45, 2.75) is 33.2 Å². The first-order chi connectivity index (χ1) is 6.20. The van der Waals surface area contributed by atoms with Crippen molar-refractivity contribution in [1.82, 2.24) is 5.32 Å². The van der Waals surface area contributed by atoms with Crippen LogP contribution in [-0.2, 0) is 4.74 Å². The van der Waals surface area contributed by atoms with Gasteiger partial charge in [-0.3, -0.25) is 0 Å². The molecular formula is C10H22ClNO. The lowest BCUT2D eigenvalue weighted by molar-refractivity contribution is 0.110. The largest absolute Gasteiger partial charge is 0.380 e. The van der Waals surface area contributed by atoms with Crippen LogP contribution < -0.4 is 5.32 Å². The molecule has 0 spiro atoms. The van der Waals surface area contributed by atoms with E-state index in [4.69, 9.17) is 16.3 Å². The summed E-state index contributed by atoms with van der Waals surface area (Å²) >= 11 is 5.73. The Kier molecular flexibility index (Phi) is 8.93. The Morgan fingerprint density at radius 1 is 1.38 bits per heavy atom. The van der Waals surface area contributed by atoms with E-state index in [1.807, 2.05) is 0 Å². The van der Waals surface area contributed by atoms with Crippen molar-refractivity contribution in [3.63, 3.8) is 0 Å². The summed E-state index contributed by atoms with van der Waals surface area (Å²) in [6, 6.07) is 0.435. The van der Waals surface area contributed by atoms with Gasteiger partial charge in [0.1, 0.15) is 0 Å². The monoisotopic (exact) mass is 207 g/mol. The van der Waals surface area contributed by atoms with Gasteiger partial charge in [0.05, 0.1) is 6.61 Å². The Bertz CT molecular complexity index is 105. The SMILES string of the molecule is CCC(CCl)NCCOCC(C)C. The highest BCUT2D eigenvalue weighted by molar-refractivity contribution is 6.18. The third-order valence-electron chi connectivity index (χ3n) is 1.81. The lowest BCUT2D eigenvalue weighted by Gasteiger charge is -2.13. The van der Waals surface area contributed by atoms with Gasteiger partial charge in [-0.1, -0.05) is 20.8 Å². The van der Waals surface area contributed by atoms with E-state index in [-0.39, 0.29) is 0 Å². The van der Waals surface area contributed by atoms with Gasteiger partial charge in [-0.2, -0.15) is 0 Å². The molecule has 0 fully saturated rings. The molecule has 3 heteroatoms. The Hall–Kier alpha value is 0.210. The summed E-state index contributed by atoms with van der Waals surface area (Å²) in [5.74, 6) is 1.30. The summed E-state index contributed by atoms with van der Waals surface area (Å²) in [6.45, 7) is 8.97. The van der Waals surface area contributed by atoms with Gasteiger partial charge in [0.15, 0.2) is 0 Å². The third-order valence-corrected chi connectivity index (χ3v) is 2.18. The first kappa shape index (κ1) is 13.2. The highest BCUT2D eigenvalue weighted by Gasteiger charge is 2.01. The summed E-state index contributed by atoms with van der Waals surface area (Å²) in [4.78, 5) is 0. The van der Waals surface area contributed by atoms with E-state index in [2.05, 4.69) is 26.1 Å². The van der Waals surface area contributed by atoms with Crippen molar-refractivity contribution in [2.75, 3.05) is 25.6 Å². The standard InChI is InChI=1S/C10H22ClNO/c1-4-10(7-11)12-5-6-13-8-9(2)3/h9-10,12H,4-8H2,1-3H3. The van der Waals surface area contributed by atoms with Gasteiger partial charge in [-0.15, -0.1) is 11.6 Å². The van der Waals surface area contributed by atoms with Crippen molar-refractivity contribution < 1.29 is 4.74 Å². The van der Waals surface area contributed by atoms with E-state index >= 15 is 0 Å². The van der Waals surface area contributed by atoms with Crippen LogP contribution in [0.15, 0.2) is 0 Å². The average molecular weight is 208 g/mol. The average Bonchev–Trinajstić information content (AvgIpc) is 2.11. The number of halogens is 1. The summed E-state index contributed by atoms with van der Waals surface area (Å²) in [6.07, 6.45) is 1.08. The summed E-state index contributed by atoms with van der Waals surface area (Å²) < 4.78 is 5.43. The molecule has 0 heterocycles. The maximum atomic E-state index is 5.73. The van der Waals surface area contributed by atoms with Gasteiger partial charge in [0.25, 0.3) is 0 Å². The molecule has 0 aliphatic rings. The van der Waals surface area contributed by atoms with Crippen LogP contribution in [0.5, 0.6) is 0 Å². The minimum absolute atomic E-state index is 0.435. The Morgan fingerprint density at radius 2 is 2.08 bits per heavy atom. The van der Waals surface area contributed by atoms with E-state index in [9.17, 15) is 0 Å². The number of rotatable bonds is 8. The molecule has 0 aromatic carbocycles. The Labute approximate surface area is 87.0 Å². The summed E-state index contributed by atoms with van der Waals surface area (Å²) in [7, 11) is 0. The topological polar surface area (TPSA) is 21.3 Å². The van der Waals surface area contributed by atoms with Crippen molar-refractivity contribution in [3.05, 3.63) is 0 Å². The molecule has 1 N–H and O–H groups in total. The van der Waals surface area contributed by atoms with Crippen molar-refractivity contribution in [2.24, 2.45) is 5.92 Å². The minimum Gasteiger partial charge on any atom is -0.380 e. The second kappa shape index (κ2) is 8.79. The maximum Gasteiger partial charge on any atom is 0.0591 e. The molecule has 0 radical (unpaired) electrons. The first-order valence-electron chi connectivity index (χ1n) is 5.07. The fourth-order valence-electron chi connectivity index (χ4n) is 0.962. The predicted octanol–water partition coefficient (Wildman–Crippen LogP) is 2.27. The van der Waals surface area contributed by atoms with Crippen molar-refractivity contribution in [3.8, 4) is 0 Å². The molecule has 0 bridgehead atoms. The van der Waals surface area contributed by atoms with E-state index < -0.39 is 0 Å². The van der Waals surface area contributed by atoms with Crippen LogP contribution in [0.25, 0.3) is 0 Å². The Morgan fingerprint density at radius 3 is 2.54 bits per heavy atom. The molecule has 0 aliphatic carbocycles. The number of nitrogens with one attached hydrogen (secondary N) is 1.